The highest BCUT2D eigenvalue weighted by molar-refractivity contribution is 5.87. The van der Waals surface area contributed by atoms with E-state index in [1.54, 1.807) is 6.20 Å². The topological polar surface area (TPSA) is 53.1 Å². The smallest absolute Gasteiger partial charge is 0.107 e. The molecule has 1 N–H and O–H groups in total. The van der Waals surface area contributed by atoms with E-state index in [9.17, 15) is 5.21 Å². The molecule has 0 spiro atoms. The third-order valence-corrected chi connectivity index (χ3v) is 4.65. The van der Waals surface area contributed by atoms with E-state index in [0.29, 0.717) is 12.8 Å². The van der Waals surface area contributed by atoms with Crippen molar-refractivity contribution in [2.75, 3.05) is 0 Å². The molecule has 1 aromatic heterocycles. The summed E-state index contributed by atoms with van der Waals surface area (Å²) in [7, 11) is 0. The zero-order chi connectivity index (χ0) is 16.4. The monoisotopic (exact) mass is 300 g/mol. The molecule has 0 bridgehead atoms. The summed E-state index contributed by atoms with van der Waals surface area (Å²) in [5.41, 5.74) is 1.15. The predicted octanol–water partition coefficient (Wildman–Crippen LogP) is 3.56. The Morgan fingerprint density at radius 1 is 1.45 bits per heavy atom. The average Bonchev–Trinajstić information content (AvgIpc) is 2.60. The van der Waals surface area contributed by atoms with Crippen LogP contribution in [-0.2, 0) is 6.42 Å². The van der Waals surface area contributed by atoms with Gasteiger partial charge in [-0.2, -0.15) is 11.6 Å². The number of pyridine rings is 1. The highest BCUT2D eigenvalue weighted by Crippen LogP contribution is 2.45. The van der Waals surface area contributed by atoms with Crippen LogP contribution in [0.1, 0.15) is 46.2 Å². The van der Waals surface area contributed by atoms with Crippen molar-refractivity contribution in [1.82, 2.24) is 10.0 Å². The number of aromatic nitrogens is 1. The summed E-state index contributed by atoms with van der Waals surface area (Å²) >= 11 is 0. The molecule has 0 aliphatic carbocycles. The first-order chi connectivity index (χ1) is 10.3. The molecular formula is C17H24N4O. The van der Waals surface area contributed by atoms with Crippen molar-refractivity contribution >= 4 is 5.71 Å². The third-order valence-electron chi connectivity index (χ3n) is 4.65. The van der Waals surface area contributed by atoms with Gasteiger partial charge in [-0.05, 0) is 58.6 Å². The lowest BCUT2D eigenvalue weighted by Gasteiger charge is -2.36. The number of rotatable bonds is 4. The Labute approximate surface area is 132 Å². The van der Waals surface area contributed by atoms with Crippen LogP contribution < -0.4 is 0 Å². The van der Waals surface area contributed by atoms with E-state index in [2.05, 4.69) is 15.0 Å². The fourth-order valence-electron chi connectivity index (χ4n) is 3.43. The molecule has 1 saturated heterocycles. The van der Waals surface area contributed by atoms with Crippen LogP contribution in [-0.4, -0.2) is 32.0 Å². The number of hydroxylamine groups is 2. The molecule has 2 heterocycles. The van der Waals surface area contributed by atoms with Gasteiger partial charge in [-0.1, -0.05) is 6.07 Å². The fourth-order valence-corrected chi connectivity index (χ4v) is 3.43. The maximum Gasteiger partial charge on any atom is 0.107 e. The van der Waals surface area contributed by atoms with Gasteiger partial charge in [-0.25, -0.2) is 0 Å². The van der Waals surface area contributed by atoms with E-state index in [1.165, 1.54) is 5.06 Å². The van der Waals surface area contributed by atoms with Crippen LogP contribution in [0.3, 0.4) is 0 Å². The molecule has 0 aromatic carbocycles. The van der Waals surface area contributed by atoms with E-state index in [-0.39, 0.29) is 17.0 Å². The molecule has 5 heteroatoms. The van der Waals surface area contributed by atoms with Gasteiger partial charge in [0.05, 0.1) is 5.10 Å². The Morgan fingerprint density at radius 3 is 2.68 bits per heavy atom. The van der Waals surface area contributed by atoms with Crippen LogP contribution in [0.5, 0.6) is 0 Å². The van der Waals surface area contributed by atoms with Crippen molar-refractivity contribution in [3.05, 3.63) is 41.6 Å². The van der Waals surface area contributed by atoms with E-state index < -0.39 is 0 Å². The normalized spacial score (nSPS) is 24.2. The fraction of sp³-hybridized carbons (Fsp3) is 0.588. The largest absolute Gasteiger partial charge is 0.313 e. The number of hydrogen-bond acceptors (Lipinski definition) is 4. The first kappa shape index (κ1) is 16.6. The van der Waals surface area contributed by atoms with Gasteiger partial charge in [0.25, 0.3) is 0 Å². The molecule has 22 heavy (non-hydrogen) atoms. The summed E-state index contributed by atoms with van der Waals surface area (Å²) in [6, 6.07) is 5.76. The molecule has 1 atom stereocenters. The standard InChI is InChI=1S/C17H24N4O/c1-16(2)12-13(17(3,4)21(16)22)10-15(20-18-5)11-14-8-6-7-9-19-14/h6-9,13,22H,10-12H2,1-4H3/b20-15-. The summed E-state index contributed by atoms with van der Waals surface area (Å²) in [6.07, 6.45) is 3.91. The highest BCUT2D eigenvalue weighted by Gasteiger charge is 2.51. The molecule has 1 aromatic rings. The minimum absolute atomic E-state index is 0.247. The number of hydrogen-bond donors (Lipinski definition) is 1. The molecule has 1 aliphatic rings. The van der Waals surface area contributed by atoms with Crippen LogP contribution in [0.15, 0.2) is 29.5 Å². The second-order valence-electron chi connectivity index (χ2n) is 7.15. The van der Waals surface area contributed by atoms with Crippen LogP contribution in [0.2, 0.25) is 0 Å². The summed E-state index contributed by atoms with van der Waals surface area (Å²) in [5, 5.41) is 15.9. The summed E-state index contributed by atoms with van der Waals surface area (Å²) in [4.78, 5) is 7.52. The lowest BCUT2D eigenvalue weighted by atomic mass is 9.82. The van der Waals surface area contributed by atoms with E-state index in [4.69, 9.17) is 6.57 Å². The molecule has 0 radical (unpaired) electrons. The lowest BCUT2D eigenvalue weighted by molar-refractivity contribution is -0.196. The van der Waals surface area contributed by atoms with Gasteiger partial charge in [0, 0.05) is 29.4 Å². The van der Waals surface area contributed by atoms with Crippen LogP contribution in [0.4, 0.5) is 0 Å². The molecule has 5 nitrogen and oxygen atoms in total. The Bertz CT molecular complexity index is 586. The van der Waals surface area contributed by atoms with Gasteiger partial charge in [0.2, 0.25) is 0 Å². The van der Waals surface area contributed by atoms with Crippen LogP contribution in [0, 0.1) is 12.5 Å². The number of nitrogens with zero attached hydrogens (tertiary/aromatic N) is 4. The van der Waals surface area contributed by atoms with Crippen LogP contribution >= 0.6 is 0 Å². The molecule has 0 saturated carbocycles. The Morgan fingerprint density at radius 2 is 2.18 bits per heavy atom. The quantitative estimate of drug-likeness (QED) is 0.525. The van der Waals surface area contributed by atoms with Gasteiger partial charge < -0.3 is 5.21 Å². The molecule has 1 fully saturated rings. The summed E-state index contributed by atoms with van der Waals surface area (Å²) in [5.74, 6) is 0.247. The summed E-state index contributed by atoms with van der Waals surface area (Å²) < 4.78 is 0. The van der Waals surface area contributed by atoms with Crippen molar-refractivity contribution in [2.24, 2.45) is 11.0 Å². The third kappa shape index (κ3) is 3.34. The van der Waals surface area contributed by atoms with Gasteiger partial charge in [0.15, 0.2) is 0 Å². The first-order valence-electron chi connectivity index (χ1n) is 7.58. The summed E-state index contributed by atoms with van der Waals surface area (Å²) in [6.45, 7) is 15.2. The molecule has 1 aliphatic heterocycles. The second-order valence-corrected chi connectivity index (χ2v) is 7.15. The minimum Gasteiger partial charge on any atom is -0.313 e. The van der Waals surface area contributed by atoms with E-state index in [0.717, 1.165) is 17.8 Å². The lowest BCUT2D eigenvalue weighted by Crippen LogP contribution is -2.47. The molecule has 2 rings (SSSR count). The highest BCUT2D eigenvalue weighted by atomic mass is 16.5. The predicted molar refractivity (Wildman–Crippen MR) is 86.5 cm³/mol. The Hall–Kier alpha value is -1.77. The maximum absolute atomic E-state index is 10.4. The Balaban J connectivity index is 2.16. The van der Waals surface area contributed by atoms with Gasteiger partial charge >= 0.3 is 0 Å². The first-order valence-corrected chi connectivity index (χ1v) is 7.58. The van der Waals surface area contributed by atoms with Crippen molar-refractivity contribution in [1.29, 1.82) is 0 Å². The average molecular weight is 300 g/mol. The van der Waals surface area contributed by atoms with Gasteiger partial charge in [0.1, 0.15) is 5.71 Å². The SMILES string of the molecule is [C-]#[N+]/N=C(\Cc1ccccn1)CC1CC(C)(C)N(O)C1(C)C. The second kappa shape index (κ2) is 6.15. The minimum atomic E-state index is -0.337. The van der Waals surface area contributed by atoms with Gasteiger partial charge in [-0.3, -0.25) is 4.98 Å². The van der Waals surface area contributed by atoms with Gasteiger partial charge in [-0.15, -0.1) is 4.95 Å². The maximum atomic E-state index is 10.4. The van der Waals surface area contributed by atoms with E-state index in [1.807, 2.05) is 45.9 Å². The zero-order valence-electron chi connectivity index (χ0n) is 13.7. The van der Waals surface area contributed by atoms with E-state index >= 15 is 0 Å². The molecule has 0 amide bonds. The Kier molecular flexibility index (Phi) is 4.64. The molecule has 1 unspecified atom stereocenters. The molecular weight excluding hydrogens is 276 g/mol. The zero-order valence-corrected chi connectivity index (χ0v) is 13.7. The van der Waals surface area contributed by atoms with Crippen molar-refractivity contribution in [3.63, 3.8) is 0 Å². The van der Waals surface area contributed by atoms with Crippen LogP contribution in [0.25, 0.3) is 4.95 Å². The van der Waals surface area contributed by atoms with Crippen molar-refractivity contribution < 1.29 is 5.21 Å². The van der Waals surface area contributed by atoms with Crippen molar-refractivity contribution in [3.8, 4) is 0 Å². The molecule has 118 valence electrons. The van der Waals surface area contributed by atoms with Crippen molar-refractivity contribution in [2.45, 2.75) is 58.0 Å².